The van der Waals surface area contributed by atoms with Crippen molar-refractivity contribution in [1.82, 2.24) is 9.79 Å². The Labute approximate surface area is 184 Å². The van der Waals surface area contributed by atoms with Crippen LogP contribution in [0.5, 0.6) is 5.75 Å². The van der Waals surface area contributed by atoms with Crippen LogP contribution in [0, 0.1) is 0 Å². The molecule has 0 unspecified atom stereocenters. The molecule has 0 radical (unpaired) electrons. The number of fused-ring (bicyclic) bond motifs is 2. The van der Waals surface area contributed by atoms with Crippen molar-refractivity contribution in [2.45, 2.75) is 26.3 Å². The summed E-state index contributed by atoms with van der Waals surface area (Å²) in [4.78, 5) is 6.96. The van der Waals surface area contributed by atoms with Crippen molar-refractivity contribution >= 4 is 51.2 Å². The second kappa shape index (κ2) is 8.52. The SMILES string of the molecule is COc1ccc(CNc2c3c(nc4ccc(Br)cc24)CCN(B(C)O)C3)cc1Cl. The molecular weight excluding hydrogens is 452 g/mol. The van der Waals surface area contributed by atoms with E-state index in [-0.39, 0.29) is 0 Å². The highest BCUT2D eigenvalue weighted by Crippen LogP contribution is 2.35. The van der Waals surface area contributed by atoms with Gasteiger partial charge in [0.05, 0.1) is 23.3 Å². The molecule has 5 nitrogen and oxygen atoms in total. The summed E-state index contributed by atoms with van der Waals surface area (Å²) in [6.45, 7) is 3.89. The number of benzene rings is 2. The number of nitrogens with zero attached hydrogens (tertiary/aromatic N) is 2. The second-order valence-electron chi connectivity index (χ2n) is 7.25. The minimum atomic E-state index is -0.491. The van der Waals surface area contributed by atoms with Crippen LogP contribution in [0.3, 0.4) is 0 Å². The molecule has 150 valence electrons. The maximum absolute atomic E-state index is 10.1. The van der Waals surface area contributed by atoms with Gasteiger partial charge in [-0.3, -0.25) is 4.98 Å². The third kappa shape index (κ3) is 4.24. The Morgan fingerprint density at radius 3 is 2.86 bits per heavy atom. The van der Waals surface area contributed by atoms with Gasteiger partial charge in [-0.05, 0) is 49.3 Å². The number of ether oxygens (including phenoxy) is 1. The summed E-state index contributed by atoms with van der Waals surface area (Å²) in [6.07, 6.45) is 0.815. The lowest BCUT2D eigenvalue weighted by Crippen LogP contribution is -2.41. The Balaban J connectivity index is 1.74. The van der Waals surface area contributed by atoms with E-state index in [1.807, 2.05) is 37.2 Å². The highest BCUT2D eigenvalue weighted by molar-refractivity contribution is 9.10. The zero-order valence-corrected chi connectivity index (χ0v) is 18.7. The molecule has 1 aromatic heterocycles. The van der Waals surface area contributed by atoms with Crippen LogP contribution < -0.4 is 10.1 Å². The van der Waals surface area contributed by atoms with Crippen LogP contribution in [0.15, 0.2) is 40.9 Å². The van der Waals surface area contributed by atoms with E-state index in [4.69, 9.17) is 21.3 Å². The first-order valence-electron chi connectivity index (χ1n) is 9.55. The van der Waals surface area contributed by atoms with Crippen molar-refractivity contribution in [3.8, 4) is 5.75 Å². The van der Waals surface area contributed by atoms with Gasteiger partial charge < -0.3 is 19.9 Å². The number of rotatable bonds is 5. The van der Waals surface area contributed by atoms with E-state index in [0.717, 1.165) is 50.8 Å². The van der Waals surface area contributed by atoms with Crippen LogP contribution in [0.4, 0.5) is 5.69 Å². The lowest BCUT2D eigenvalue weighted by Gasteiger charge is -2.31. The van der Waals surface area contributed by atoms with Crippen molar-refractivity contribution in [2.75, 3.05) is 19.0 Å². The van der Waals surface area contributed by atoms with E-state index < -0.39 is 7.05 Å². The molecule has 4 rings (SSSR count). The van der Waals surface area contributed by atoms with Crippen molar-refractivity contribution in [3.63, 3.8) is 0 Å². The molecule has 2 N–H and O–H groups in total. The van der Waals surface area contributed by atoms with Gasteiger partial charge in [0.2, 0.25) is 0 Å². The lowest BCUT2D eigenvalue weighted by atomic mass is 9.82. The van der Waals surface area contributed by atoms with Gasteiger partial charge in [0, 0.05) is 40.6 Å². The van der Waals surface area contributed by atoms with Crippen LogP contribution in [0.1, 0.15) is 16.8 Å². The standard InChI is InChI=1S/C21H22BBrClN3O2/c1-22(28)27-8-7-19-16(12-27)21(15-10-14(23)4-5-18(15)26-19)25-11-13-3-6-20(29-2)17(24)9-13/h3-6,9-10,28H,7-8,11-12H2,1-2H3,(H,25,26). The van der Waals surface area contributed by atoms with E-state index in [1.165, 1.54) is 0 Å². The molecule has 29 heavy (non-hydrogen) atoms. The summed E-state index contributed by atoms with van der Waals surface area (Å²) < 4.78 is 6.25. The Morgan fingerprint density at radius 2 is 2.14 bits per heavy atom. The number of nitrogens with one attached hydrogen (secondary N) is 1. The van der Waals surface area contributed by atoms with Crippen LogP contribution in [0.25, 0.3) is 10.9 Å². The predicted molar refractivity (Wildman–Crippen MR) is 123 cm³/mol. The number of anilines is 1. The lowest BCUT2D eigenvalue weighted by molar-refractivity contribution is 0.345. The first-order chi connectivity index (χ1) is 14.0. The quantitative estimate of drug-likeness (QED) is 0.523. The van der Waals surface area contributed by atoms with Gasteiger partial charge in [-0.15, -0.1) is 0 Å². The summed E-state index contributed by atoms with van der Waals surface area (Å²) >= 11 is 9.87. The van der Waals surface area contributed by atoms with E-state index in [9.17, 15) is 5.02 Å². The summed E-state index contributed by atoms with van der Waals surface area (Å²) in [7, 11) is 1.12. The summed E-state index contributed by atoms with van der Waals surface area (Å²) in [6, 6.07) is 11.9. The monoisotopic (exact) mass is 473 g/mol. The molecule has 0 atom stereocenters. The van der Waals surface area contributed by atoms with E-state index in [0.29, 0.717) is 23.9 Å². The summed E-state index contributed by atoms with van der Waals surface area (Å²) in [5.74, 6) is 0.665. The number of aromatic nitrogens is 1. The fourth-order valence-electron chi connectivity index (χ4n) is 3.77. The van der Waals surface area contributed by atoms with Gasteiger partial charge >= 0.3 is 7.05 Å². The Hall–Kier alpha value is -1.80. The van der Waals surface area contributed by atoms with Gasteiger partial charge in [0.25, 0.3) is 0 Å². The minimum Gasteiger partial charge on any atom is -0.495 e. The van der Waals surface area contributed by atoms with E-state index in [1.54, 1.807) is 7.11 Å². The van der Waals surface area contributed by atoms with E-state index in [2.05, 4.69) is 32.1 Å². The van der Waals surface area contributed by atoms with Gasteiger partial charge in [-0.1, -0.05) is 33.6 Å². The maximum atomic E-state index is 10.1. The molecule has 0 saturated heterocycles. The minimum absolute atomic E-state index is 0.491. The maximum Gasteiger partial charge on any atom is 0.376 e. The molecule has 0 saturated carbocycles. The second-order valence-corrected chi connectivity index (χ2v) is 8.57. The van der Waals surface area contributed by atoms with Crippen molar-refractivity contribution < 1.29 is 9.76 Å². The molecule has 2 heterocycles. The van der Waals surface area contributed by atoms with Gasteiger partial charge in [0.15, 0.2) is 0 Å². The molecule has 0 amide bonds. The largest absolute Gasteiger partial charge is 0.495 e. The third-order valence-corrected chi connectivity index (χ3v) is 6.13. The fraction of sp³-hybridized carbons (Fsp3) is 0.286. The molecule has 0 aliphatic carbocycles. The number of methoxy groups -OCH3 is 1. The molecule has 0 bridgehead atoms. The summed E-state index contributed by atoms with van der Waals surface area (Å²) in [5, 5.41) is 15.4. The van der Waals surface area contributed by atoms with Gasteiger partial charge in [0.1, 0.15) is 5.75 Å². The molecule has 1 aliphatic rings. The average molecular weight is 475 g/mol. The molecule has 8 heteroatoms. The zero-order chi connectivity index (χ0) is 20.5. The highest BCUT2D eigenvalue weighted by Gasteiger charge is 2.26. The zero-order valence-electron chi connectivity index (χ0n) is 16.4. The number of hydrogen-bond donors (Lipinski definition) is 2. The van der Waals surface area contributed by atoms with Crippen LogP contribution in [0.2, 0.25) is 11.8 Å². The highest BCUT2D eigenvalue weighted by atomic mass is 79.9. The van der Waals surface area contributed by atoms with Gasteiger partial charge in [-0.25, -0.2) is 0 Å². The van der Waals surface area contributed by atoms with Crippen molar-refractivity contribution in [2.24, 2.45) is 0 Å². The molecule has 2 aromatic carbocycles. The number of pyridine rings is 1. The molecular formula is C21H22BBrClN3O2. The fourth-order valence-corrected chi connectivity index (χ4v) is 4.41. The topological polar surface area (TPSA) is 57.6 Å². The molecule has 0 spiro atoms. The number of halogens is 2. The smallest absolute Gasteiger partial charge is 0.376 e. The molecule has 1 aliphatic heterocycles. The van der Waals surface area contributed by atoms with Crippen molar-refractivity contribution in [1.29, 1.82) is 0 Å². The van der Waals surface area contributed by atoms with Crippen LogP contribution >= 0.6 is 27.5 Å². The Kier molecular flexibility index (Phi) is 6.02. The molecule has 0 fully saturated rings. The summed E-state index contributed by atoms with van der Waals surface area (Å²) in [5.41, 5.74) is 5.32. The van der Waals surface area contributed by atoms with Crippen LogP contribution in [-0.2, 0) is 19.5 Å². The van der Waals surface area contributed by atoms with Gasteiger partial charge in [-0.2, -0.15) is 0 Å². The molecule has 3 aromatic rings. The normalized spacial score (nSPS) is 14.0. The average Bonchev–Trinajstić information content (AvgIpc) is 2.71. The first-order valence-corrected chi connectivity index (χ1v) is 10.7. The van der Waals surface area contributed by atoms with Crippen molar-refractivity contribution in [3.05, 3.63) is 62.7 Å². The predicted octanol–water partition coefficient (Wildman–Crippen LogP) is 4.74. The van der Waals surface area contributed by atoms with Crippen LogP contribution in [-0.4, -0.2) is 35.5 Å². The third-order valence-electron chi connectivity index (χ3n) is 5.34. The van der Waals surface area contributed by atoms with E-state index >= 15 is 0 Å². The Morgan fingerprint density at radius 1 is 1.31 bits per heavy atom. The number of hydrogen-bond acceptors (Lipinski definition) is 5. The first kappa shape index (κ1) is 20.5. The Bertz CT molecular complexity index is 1060.